The number of benzene rings is 1. The molecule has 0 saturated heterocycles. The minimum Gasteiger partial charge on any atom is -0.321 e. The van der Waals surface area contributed by atoms with Crippen molar-refractivity contribution < 1.29 is 0 Å². The molecule has 88 valence electrons. The molecule has 0 radical (unpaired) electrons. The van der Waals surface area contributed by atoms with Gasteiger partial charge in [-0.25, -0.2) is 9.97 Å². The number of aromatic nitrogens is 2. The van der Waals surface area contributed by atoms with Crippen molar-refractivity contribution >= 4 is 23.2 Å². The summed E-state index contributed by atoms with van der Waals surface area (Å²) < 4.78 is 0. The lowest BCUT2D eigenvalue weighted by molar-refractivity contribution is 0.667. The average Bonchev–Trinajstić information content (AvgIpc) is 2.36. The van der Waals surface area contributed by atoms with Crippen molar-refractivity contribution in [1.29, 1.82) is 0 Å². The van der Waals surface area contributed by atoms with Gasteiger partial charge in [0.1, 0.15) is 5.82 Å². The summed E-state index contributed by atoms with van der Waals surface area (Å²) in [6, 6.07) is 6.96. The Balaban J connectivity index is 2.19. The zero-order valence-electron chi connectivity index (χ0n) is 8.98. The number of hydrogen-bond donors (Lipinski definition) is 1. The minimum absolute atomic E-state index is 0.285. The highest BCUT2D eigenvalue weighted by Crippen LogP contribution is 2.27. The lowest BCUT2D eigenvalue weighted by Crippen LogP contribution is -2.16. The molecule has 1 atom stereocenters. The van der Waals surface area contributed by atoms with E-state index in [4.69, 9.17) is 28.9 Å². The minimum atomic E-state index is -0.285. The van der Waals surface area contributed by atoms with Crippen LogP contribution in [0.2, 0.25) is 10.0 Å². The summed E-state index contributed by atoms with van der Waals surface area (Å²) in [6.45, 7) is 0. The third-order valence-electron chi connectivity index (χ3n) is 2.39. The third-order valence-corrected chi connectivity index (χ3v) is 3.25. The van der Waals surface area contributed by atoms with Gasteiger partial charge in [-0.2, -0.15) is 0 Å². The first-order chi connectivity index (χ1) is 8.18. The fourth-order valence-electron chi connectivity index (χ4n) is 1.54. The molecule has 0 spiro atoms. The molecule has 5 heteroatoms. The molecular weight excluding hydrogens is 257 g/mol. The van der Waals surface area contributed by atoms with Crippen LogP contribution >= 0.6 is 23.2 Å². The molecule has 17 heavy (non-hydrogen) atoms. The molecule has 1 heterocycles. The fraction of sp³-hybridized carbons (Fsp3) is 0.167. The lowest BCUT2D eigenvalue weighted by atomic mass is 10.1. The average molecular weight is 268 g/mol. The Morgan fingerprint density at radius 3 is 2.53 bits per heavy atom. The van der Waals surface area contributed by atoms with Crippen molar-refractivity contribution in [3.05, 3.63) is 58.1 Å². The van der Waals surface area contributed by atoms with E-state index in [1.54, 1.807) is 24.5 Å². The molecule has 3 nitrogen and oxygen atoms in total. The van der Waals surface area contributed by atoms with Gasteiger partial charge in [0.25, 0.3) is 0 Å². The molecule has 0 bridgehead atoms. The number of hydrogen-bond acceptors (Lipinski definition) is 3. The van der Waals surface area contributed by atoms with E-state index < -0.39 is 0 Å². The highest BCUT2D eigenvalue weighted by molar-refractivity contribution is 6.42. The maximum Gasteiger partial charge on any atom is 0.145 e. The monoisotopic (exact) mass is 267 g/mol. The molecule has 2 rings (SSSR count). The second-order valence-electron chi connectivity index (χ2n) is 3.63. The van der Waals surface area contributed by atoms with Gasteiger partial charge < -0.3 is 5.73 Å². The zero-order chi connectivity index (χ0) is 12.3. The predicted octanol–water partition coefficient (Wildman–Crippen LogP) is 3.03. The van der Waals surface area contributed by atoms with E-state index in [1.807, 2.05) is 12.1 Å². The van der Waals surface area contributed by atoms with Gasteiger partial charge in [-0.05, 0) is 24.1 Å². The van der Waals surface area contributed by atoms with Gasteiger partial charge in [-0.15, -0.1) is 0 Å². The van der Waals surface area contributed by atoms with Gasteiger partial charge in [0, 0.05) is 12.4 Å². The molecule has 0 aliphatic rings. The first kappa shape index (κ1) is 12.3. The normalized spacial score (nSPS) is 12.4. The van der Waals surface area contributed by atoms with E-state index >= 15 is 0 Å². The summed E-state index contributed by atoms with van der Waals surface area (Å²) in [4.78, 5) is 8.23. The molecule has 1 unspecified atom stereocenters. The van der Waals surface area contributed by atoms with Gasteiger partial charge in [0.05, 0.1) is 16.1 Å². The van der Waals surface area contributed by atoms with Gasteiger partial charge in [0.15, 0.2) is 0 Å². The van der Waals surface area contributed by atoms with Gasteiger partial charge in [0.2, 0.25) is 0 Å². The smallest absolute Gasteiger partial charge is 0.145 e. The van der Waals surface area contributed by atoms with Crippen molar-refractivity contribution in [3.63, 3.8) is 0 Å². The van der Waals surface area contributed by atoms with E-state index in [0.717, 1.165) is 5.56 Å². The topological polar surface area (TPSA) is 51.8 Å². The van der Waals surface area contributed by atoms with Crippen molar-refractivity contribution in [2.24, 2.45) is 5.73 Å². The third kappa shape index (κ3) is 2.94. The van der Waals surface area contributed by atoms with Crippen LogP contribution in [-0.4, -0.2) is 9.97 Å². The number of nitrogens with zero attached hydrogens (tertiary/aromatic N) is 2. The molecule has 2 N–H and O–H groups in total. The van der Waals surface area contributed by atoms with Crippen molar-refractivity contribution in [1.82, 2.24) is 9.97 Å². The molecule has 0 fully saturated rings. The molecule has 1 aromatic heterocycles. The Kier molecular flexibility index (Phi) is 3.94. The van der Waals surface area contributed by atoms with Gasteiger partial charge in [-0.3, -0.25) is 0 Å². The second kappa shape index (κ2) is 5.45. The van der Waals surface area contributed by atoms with Crippen LogP contribution in [0, 0.1) is 0 Å². The first-order valence-corrected chi connectivity index (χ1v) is 5.89. The Morgan fingerprint density at radius 2 is 1.82 bits per heavy atom. The second-order valence-corrected chi connectivity index (χ2v) is 4.42. The van der Waals surface area contributed by atoms with Crippen molar-refractivity contribution in [2.75, 3.05) is 0 Å². The number of halogens is 2. The van der Waals surface area contributed by atoms with Crippen LogP contribution in [0.25, 0.3) is 0 Å². The van der Waals surface area contributed by atoms with Crippen LogP contribution < -0.4 is 5.73 Å². The van der Waals surface area contributed by atoms with Crippen LogP contribution in [-0.2, 0) is 6.42 Å². The maximum absolute atomic E-state index is 6.10. The van der Waals surface area contributed by atoms with Crippen LogP contribution in [0.3, 0.4) is 0 Å². The number of rotatable bonds is 3. The van der Waals surface area contributed by atoms with Gasteiger partial charge in [-0.1, -0.05) is 35.3 Å². The molecule has 0 amide bonds. The SMILES string of the molecule is NC(Cc1cccc(Cl)c1Cl)c1ncccn1. The summed E-state index contributed by atoms with van der Waals surface area (Å²) in [5.41, 5.74) is 6.92. The van der Waals surface area contributed by atoms with Crippen LogP contribution in [0.4, 0.5) is 0 Å². The van der Waals surface area contributed by atoms with Crippen LogP contribution in [0.5, 0.6) is 0 Å². The van der Waals surface area contributed by atoms with E-state index in [2.05, 4.69) is 9.97 Å². The van der Waals surface area contributed by atoms with E-state index in [-0.39, 0.29) is 6.04 Å². The number of nitrogens with two attached hydrogens (primary N) is 1. The molecular formula is C12H11Cl2N3. The molecule has 0 aliphatic carbocycles. The van der Waals surface area contributed by atoms with E-state index in [0.29, 0.717) is 22.3 Å². The van der Waals surface area contributed by atoms with Crippen LogP contribution in [0.1, 0.15) is 17.4 Å². The van der Waals surface area contributed by atoms with E-state index in [1.165, 1.54) is 0 Å². The maximum atomic E-state index is 6.10. The van der Waals surface area contributed by atoms with E-state index in [9.17, 15) is 0 Å². The Labute approximate surface area is 110 Å². The molecule has 2 aromatic rings. The summed E-state index contributed by atoms with van der Waals surface area (Å²) in [5.74, 6) is 0.601. The Bertz CT molecular complexity index is 502. The quantitative estimate of drug-likeness (QED) is 0.930. The summed E-state index contributed by atoms with van der Waals surface area (Å²) in [7, 11) is 0. The standard InChI is InChI=1S/C12H11Cl2N3/c13-9-4-1-3-8(11(9)14)7-10(15)12-16-5-2-6-17-12/h1-6,10H,7,15H2. The zero-order valence-corrected chi connectivity index (χ0v) is 10.5. The largest absolute Gasteiger partial charge is 0.321 e. The molecule has 1 aromatic carbocycles. The van der Waals surface area contributed by atoms with Crippen molar-refractivity contribution in [3.8, 4) is 0 Å². The Morgan fingerprint density at radius 1 is 1.12 bits per heavy atom. The molecule has 0 saturated carbocycles. The van der Waals surface area contributed by atoms with Gasteiger partial charge >= 0.3 is 0 Å². The fourth-order valence-corrected chi connectivity index (χ4v) is 1.93. The predicted molar refractivity (Wildman–Crippen MR) is 69.1 cm³/mol. The lowest BCUT2D eigenvalue weighted by Gasteiger charge is -2.11. The highest BCUT2D eigenvalue weighted by Gasteiger charge is 2.12. The summed E-state index contributed by atoms with van der Waals surface area (Å²) in [6.07, 6.45) is 3.90. The first-order valence-electron chi connectivity index (χ1n) is 5.14. The summed E-state index contributed by atoms with van der Waals surface area (Å²) >= 11 is 12.0. The highest BCUT2D eigenvalue weighted by atomic mass is 35.5. The molecule has 0 aliphatic heterocycles. The Hall–Kier alpha value is -1.16. The van der Waals surface area contributed by atoms with Crippen LogP contribution in [0.15, 0.2) is 36.7 Å². The summed E-state index contributed by atoms with van der Waals surface area (Å²) in [5, 5.41) is 1.07. The van der Waals surface area contributed by atoms with Crippen molar-refractivity contribution in [2.45, 2.75) is 12.5 Å².